The summed E-state index contributed by atoms with van der Waals surface area (Å²) in [6, 6.07) is 12.9. The third-order valence-electron chi connectivity index (χ3n) is 4.68. The van der Waals surface area contributed by atoms with Crippen LogP contribution in [0.15, 0.2) is 46.9 Å². The first-order chi connectivity index (χ1) is 14.9. The van der Waals surface area contributed by atoms with Gasteiger partial charge in [0.05, 0.1) is 18.8 Å². The van der Waals surface area contributed by atoms with Crippen LogP contribution in [0.4, 0.5) is 5.69 Å². The molecule has 1 N–H and O–H groups in total. The number of hydrogen-bond donors (Lipinski definition) is 1. The first-order valence-corrected chi connectivity index (χ1v) is 11.5. The molecular formula is C23H27BrN2O4S. The van der Waals surface area contributed by atoms with Crippen LogP contribution in [0.25, 0.3) is 0 Å². The fourth-order valence-electron chi connectivity index (χ4n) is 3.43. The maximum absolute atomic E-state index is 12.3. The molecule has 166 valence electrons. The van der Waals surface area contributed by atoms with Gasteiger partial charge in [0.15, 0.2) is 18.1 Å². The van der Waals surface area contributed by atoms with Gasteiger partial charge in [0.1, 0.15) is 4.99 Å². The van der Waals surface area contributed by atoms with Gasteiger partial charge in [0.2, 0.25) is 0 Å². The second-order valence-electron chi connectivity index (χ2n) is 7.41. The maximum Gasteiger partial charge on any atom is 0.262 e. The summed E-state index contributed by atoms with van der Waals surface area (Å²) in [6.07, 6.45) is 0.250. The number of anilines is 1. The van der Waals surface area contributed by atoms with Gasteiger partial charge in [-0.3, -0.25) is 4.79 Å². The van der Waals surface area contributed by atoms with E-state index in [1.807, 2.05) is 57.2 Å². The van der Waals surface area contributed by atoms with Gasteiger partial charge < -0.3 is 24.4 Å². The monoisotopic (exact) mass is 506 g/mol. The normalized spacial score (nSPS) is 18.4. The number of carbonyl (C=O) groups is 1. The molecule has 1 heterocycles. The lowest BCUT2D eigenvalue weighted by Gasteiger charge is -2.37. The van der Waals surface area contributed by atoms with Crippen molar-refractivity contribution in [2.75, 3.05) is 31.6 Å². The molecule has 1 fully saturated rings. The highest BCUT2D eigenvalue weighted by molar-refractivity contribution is 9.10. The minimum absolute atomic E-state index is 0.125. The third-order valence-corrected chi connectivity index (χ3v) is 5.71. The van der Waals surface area contributed by atoms with Crippen LogP contribution < -0.4 is 14.8 Å². The van der Waals surface area contributed by atoms with E-state index < -0.39 is 0 Å². The van der Waals surface area contributed by atoms with E-state index in [2.05, 4.69) is 26.1 Å². The Morgan fingerprint density at radius 3 is 2.45 bits per heavy atom. The Bertz CT molecular complexity index is 912. The van der Waals surface area contributed by atoms with E-state index in [0.29, 0.717) is 23.8 Å². The summed E-state index contributed by atoms with van der Waals surface area (Å²) in [5.74, 6) is 0.817. The Hall–Kier alpha value is -2.16. The summed E-state index contributed by atoms with van der Waals surface area (Å²) >= 11 is 9.10. The highest BCUT2D eigenvalue weighted by atomic mass is 79.9. The molecule has 1 aliphatic rings. The third kappa shape index (κ3) is 6.66. The zero-order valence-corrected chi connectivity index (χ0v) is 20.3. The summed E-state index contributed by atoms with van der Waals surface area (Å²) < 4.78 is 18.2. The van der Waals surface area contributed by atoms with Crippen LogP contribution >= 0.6 is 28.1 Å². The number of nitrogens with zero attached hydrogens (tertiary/aromatic N) is 1. The van der Waals surface area contributed by atoms with Gasteiger partial charge in [-0.1, -0.05) is 28.1 Å². The molecule has 0 spiro atoms. The van der Waals surface area contributed by atoms with E-state index in [9.17, 15) is 4.79 Å². The van der Waals surface area contributed by atoms with Crippen molar-refractivity contribution in [3.8, 4) is 11.5 Å². The Kier molecular flexibility index (Phi) is 8.28. The molecule has 2 aromatic carbocycles. The summed E-state index contributed by atoms with van der Waals surface area (Å²) in [5.41, 5.74) is 1.59. The first kappa shape index (κ1) is 23.5. The number of benzene rings is 2. The number of ether oxygens (including phenoxy) is 3. The van der Waals surface area contributed by atoms with Gasteiger partial charge in [-0.05, 0) is 63.2 Å². The van der Waals surface area contributed by atoms with Gasteiger partial charge in [0, 0.05) is 28.8 Å². The summed E-state index contributed by atoms with van der Waals surface area (Å²) in [4.78, 5) is 15.2. The predicted molar refractivity (Wildman–Crippen MR) is 129 cm³/mol. The van der Waals surface area contributed by atoms with Crippen LogP contribution in [-0.4, -0.2) is 54.3 Å². The summed E-state index contributed by atoms with van der Waals surface area (Å²) in [6.45, 7) is 7.85. The lowest BCUT2D eigenvalue weighted by Crippen LogP contribution is -2.47. The Morgan fingerprint density at radius 1 is 1.13 bits per heavy atom. The molecule has 0 unspecified atom stereocenters. The highest BCUT2D eigenvalue weighted by Gasteiger charge is 2.25. The molecule has 0 bridgehead atoms. The zero-order chi connectivity index (χ0) is 22.4. The van der Waals surface area contributed by atoms with E-state index in [1.165, 1.54) is 0 Å². The second-order valence-corrected chi connectivity index (χ2v) is 8.71. The average Bonchev–Trinajstić information content (AvgIpc) is 2.73. The van der Waals surface area contributed by atoms with E-state index in [0.717, 1.165) is 28.1 Å². The van der Waals surface area contributed by atoms with Crippen molar-refractivity contribution in [3.05, 3.63) is 52.5 Å². The fourth-order valence-corrected chi connectivity index (χ4v) is 3.97. The number of thiocarbonyl (C=S) groups is 1. The van der Waals surface area contributed by atoms with Gasteiger partial charge in [-0.15, -0.1) is 0 Å². The van der Waals surface area contributed by atoms with Crippen LogP contribution in [0.3, 0.4) is 0 Å². The summed E-state index contributed by atoms with van der Waals surface area (Å²) in [7, 11) is 0. The minimum Gasteiger partial charge on any atom is -0.490 e. The molecule has 6 nitrogen and oxygen atoms in total. The predicted octanol–water partition coefficient (Wildman–Crippen LogP) is 4.65. The zero-order valence-electron chi connectivity index (χ0n) is 17.9. The second kappa shape index (κ2) is 10.9. The Morgan fingerprint density at radius 2 is 1.81 bits per heavy atom. The molecule has 0 aromatic heterocycles. The number of carbonyl (C=O) groups excluding carboxylic acids is 1. The van der Waals surface area contributed by atoms with Crippen LogP contribution in [0.1, 0.15) is 26.3 Å². The van der Waals surface area contributed by atoms with E-state index >= 15 is 0 Å². The van der Waals surface area contributed by atoms with Crippen molar-refractivity contribution in [1.29, 1.82) is 0 Å². The van der Waals surface area contributed by atoms with Crippen LogP contribution in [0, 0.1) is 0 Å². The average molecular weight is 507 g/mol. The molecule has 0 radical (unpaired) electrons. The SMILES string of the molecule is CCOc1cc(C(=S)N2C[C@@H](C)O[C@@H](C)C2)ccc1OCC(=O)Nc1ccc(Br)cc1. The molecule has 1 saturated heterocycles. The lowest BCUT2D eigenvalue weighted by molar-refractivity contribution is -0.118. The molecule has 1 amide bonds. The molecule has 0 saturated carbocycles. The number of rotatable bonds is 7. The molecular weight excluding hydrogens is 480 g/mol. The largest absolute Gasteiger partial charge is 0.490 e. The van der Waals surface area contributed by atoms with E-state index in [4.69, 9.17) is 26.4 Å². The number of halogens is 1. The van der Waals surface area contributed by atoms with Crippen molar-refractivity contribution in [1.82, 2.24) is 4.90 Å². The van der Waals surface area contributed by atoms with Crippen LogP contribution in [-0.2, 0) is 9.53 Å². The van der Waals surface area contributed by atoms with Crippen LogP contribution in [0.5, 0.6) is 11.5 Å². The molecule has 1 aliphatic heterocycles. The first-order valence-electron chi connectivity index (χ1n) is 10.3. The van der Waals surface area contributed by atoms with Gasteiger partial charge in [0.25, 0.3) is 5.91 Å². The van der Waals surface area contributed by atoms with Crippen molar-refractivity contribution in [2.24, 2.45) is 0 Å². The smallest absolute Gasteiger partial charge is 0.262 e. The maximum atomic E-state index is 12.3. The molecule has 2 aromatic rings. The topological polar surface area (TPSA) is 60.0 Å². The van der Waals surface area contributed by atoms with Crippen molar-refractivity contribution < 1.29 is 19.0 Å². The number of amides is 1. The van der Waals surface area contributed by atoms with Gasteiger partial charge >= 0.3 is 0 Å². The minimum atomic E-state index is -0.249. The fraction of sp³-hybridized carbons (Fsp3) is 0.391. The highest BCUT2D eigenvalue weighted by Crippen LogP contribution is 2.30. The van der Waals surface area contributed by atoms with Crippen LogP contribution in [0.2, 0.25) is 0 Å². The molecule has 2 atom stereocenters. The standard InChI is InChI=1S/C23H27BrN2O4S/c1-4-28-21-11-17(23(31)26-12-15(2)30-16(3)13-26)5-10-20(21)29-14-22(27)25-19-8-6-18(24)7-9-19/h5-11,15-16H,4,12-14H2,1-3H3,(H,25,27)/t15-,16+. The number of nitrogens with one attached hydrogen (secondary N) is 1. The van der Waals surface area contributed by atoms with Crippen molar-refractivity contribution in [3.63, 3.8) is 0 Å². The number of hydrogen-bond acceptors (Lipinski definition) is 5. The Balaban J connectivity index is 1.66. The van der Waals surface area contributed by atoms with Crippen molar-refractivity contribution >= 4 is 44.7 Å². The molecule has 0 aliphatic carbocycles. The van der Waals surface area contributed by atoms with E-state index in [-0.39, 0.29) is 24.7 Å². The molecule has 3 rings (SSSR count). The van der Waals surface area contributed by atoms with Crippen molar-refractivity contribution in [2.45, 2.75) is 33.0 Å². The van der Waals surface area contributed by atoms with Gasteiger partial charge in [-0.25, -0.2) is 0 Å². The molecule has 8 heteroatoms. The number of morpholine rings is 1. The van der Waals surface area contributed by atoms with E-state index in [1.54, 1.807) is 6.07 Å². The Labute approximate surface area is 197 Å². The quantitative estimate of drug-likeness (QED) is 0.551. The lowest BCUT2D eigenvalue weighted by atomic mass is 10.1. The van der Waals surface area contributed by atoms with Gasteiger partial charge in [-0.2, -0.15) is 0 Å². The summed E-state index contributed by atoms with van der Waals surface area (Å²) in [5, 5.41) is 2.81. The molecule has 31 heavy (non-hydrogen) atoms.